The van der Waals surface area contributed by atoms with Crippen LogP contribution in [-0.2, 0) is 9.53 Å². The molecule has 0 aromatic carbocycles. The topological polar surface area (TPSA) is 49.8 Å². The van der Waals surface area contributed by atoms with Gasteiger partial charge in [0.05, 0.1) is 13.2 Å². The summed E-state index contributed by atoms with van der Waals surface area (Å²) in [4.78, 5) is 12.9. The molecule has 15 heavy (non-hydrogen) atoms. The van der Waals surface area contributed by atoms with Gasteiger partial charge in [-0.2, -0.15) is 0 Å². The van der Waals surface area contributed by atoms with Gasteiger partial charge in [0.1, 0.15) is 0 Å². The summed E-state index contributed by atoms with van der Waals surface area (Å²) in [6.07, 6.45) is 3.14. The van der Waals surface area contributed by atoms with Crippen LogP contribution in [0, 0.1) is 0 Å². The Hall–Kier alpha value is -0.870. The van der Waals surface area contributed by atoms with E-state index in [2.05, 4.69) is 0 Å². The maximum absolute atomic E-state index is 11.0. The van der Waals surface area contributed by atoms with Crippen molar-refractivity contribution >= 4 is 5.97 Å². The van der Waals surface area contributed by atoms with E-state index >= 15 is 0 Å². The highest BCUT2D eigenvalue weighted by atomic mass is 16.5. The number of hydrogen-bond acceptors (Lipinski definition) is 4. The van der Waals surface area contributed by atoms with Gasteiger partial charge in [0.25, 0.3) is 0 Å². The van der Waals surface area contributed by atoms with Crippen LogP contribution in [0.5, 0.6) is 0 Å². The number of hydrogen-bond donors (Lipinski definition) is 1. The fraction of sp³-hybridized carbons (Fsp3) is 0.727. The monoisotopic (exact) mass is 215 g/mol. The minimum Gasteiger partial charge on any atom is -0.463 e. The highest BCUT2D eigenvalue weighted by Gasteiger charge is 2.20. The molecule has 0 bridgehead atoms. The summed E-state index contributed by atoms with van der Waals surface area (Å²) < 4.78 is 4.74. The maximum atomic E-state index is 11.0. The van der Waals surface area contributed by atoms with Gasteiger partial charge in [-0.25, -0.2) is 4.79 Å². The van der Waals surface area contributed by atoms with Crippen LogP contribution in [0.2, 0.25) is 0 Å². The fourth-order valence-corrected chi connectivity index (χ4v) is 0.865. The lowest BCUT2D eigenvalue weighted by molar-refractivity contribution is -0.137. The quantitative estimate of drug-likeness (QED) is 0.526. The molecule has 88 valence electrons. The van der Waals surface area contributed by atoms with E-state index in [-0.39, 0.29) is 18.1 Å². The molecule has 1 N–H and O–H groups in total. The van der Waals surface area contributed by atoms with Crippen molar-refractivity contribution in [2.45, 2.75) is 26.3 Å². The lowest BCUT2D eigenvalue weighted by Crippen LogP contribution is -2.44. The van der Waals surface area contributed by atoms with Gasteiger partial charge in [-0.3, -0.25) is 4.90 Å². The van der Waals surface area contributed by atoms with Gasteiger partial charge in [0, 0.05) is 18.2 Å². The minimum atomic E-state index is -0.326. The number of nitrogens with zero attached hydrogens (tertiary/aromatic N) is 1. The van der Waals surface area contributed by atoms with Crippen LogP contribution in [-0.4, -0.2) is 48.3 Å². The van der Waals surface area contributed by atoms with Crippen molar-refractivity contribution < 1.29 is 14.6 Å². The third-order valence-electron chi connectivity index (χ3n) is 2.34. The molecule has 0 aliphatic rings. The first kappa shape index (κ1) is 14.1. The molecule has 0 saturated carbocycles. The molecule has 0 unspecified atom stereocenters. The minimum absolute atomic E-state index is 0.0801. The van der Waals surface area contributed by atoms with Gasteiger partial charge < -0.3 is 9.84 Å². The van der Waals surface area contributed by atoms with E-state index in [0.29, 0.717) is 13.2 Å². The summed E-state index contributed by atoms with van der Waals surface area (Å²) in [6.45, 7) is 6.72. The van der Waals surface area contributed by atoms with Crippen molar-refractivity contribution in [2.24, 2.45) is 0 Å². The second-order valence-electron chi connectivity index (χ2n) is 4.01. The summed E-state index contributed by atoms with van der Waals surface area (Å²) in [6, 6.07) is 0. The van der Waals surface area contributed by atoms with Gasteiger partial charge in [0.2, 0.25) is 0 Å². The van der Waals surface area contributed by atoms with Gasteiger partial charge >= 0.3 is 5.97 Å². The molecule has 0 atom stereocenters. The Labute approximate surface area is 91.5 Å². The third kappa shape index (κ3) is 5.54. The molecule has 4 heteroatoms. The van der Waals surface area contributed by atoms with E-state index in [9.17, 15) is 4.79 Å². The molecule has 0 aliphatic carbocycles. The van der Waals surface area contributed by atoms with Crippen LogP contribution >= 0.6 is 0 Å². The first-order chi connectivity index (χ1) is 6.94. The zero-order valence-corrected chi connectivity index (χ0v) is 9.99. The van der Waals surface area contributed by atoms with E-state index in [4.69, 9.17) is 9.84 Å². The molecule has 0 spiro atoms. The van der Waals surface area contributed by atoms with Crippen molar-refractivity contribution in [3.8, 4) is 0 Å². The third-order valence-corrected chi connectivity index (χ3v) is 2.34. The predicted octanol–water partition coefficient (Wildman–Crippen LogP) is 0.808. The van der Waals surface area contributed by atoms with Crippen molar-refractivity contribution in [2.75, 3.05) is 26.8 Å². The number of esters is 1. The second kappa shape index (κ2) is 6.58. The van der Waals surface area contributed by atoms with E-state index in [1.54, 1.807) is 13.0 Å². The van der Waals surface area contributed by atoms with Crippen molar-refractivity contribution in [3.63, 3.8) is 0 Å². The lowest BCUT2D eigenvalue weighted by atomic mass is 10.1. The molecule has 4 nitrogen and oxygen atoms in total. The van der Waals surface area contributed by atoms with Crippen LogP contribution in [0.4, 0.5) is 0 Å². The zero-order chi connectivity index (χ0) is 11.9. The lowest BCUT2D eigenvalue weighted by Gasteiger charge is -2.32. The Morgan fingerprint density at radius 2 is 2.13 bits per heavy atom. The summed E-state index contributed by atoms with van der Waals surface area (Å²) in [5.41, 5.74) is -0.279. The van der Waals surface area contributed by atoms with Crippen molar-refractivity contribution in [3.05, 3.63) is 12.2 Å². The molecule has 0 aromatic rings. The molecule has 0 aliphatic heterocycles. The first-order valence-electron chi connectivity index (χ1n) is 5.09. The molecular weight excluding hydrogens is 194 g/mol. The van der Waals surface area contributed by atoms with Gasteiger partial charge in [-0.05, 0) is 27.8 Å². The Balaban J connectivity index is 4.00. The number of ether oxygens (including phenoxy) is 1. The molecule has 0 aromatic heterocycles. The smallest absolute Gasteiger partial charge is 0.330 e. The standard InChI is InChI=1S/C11H21NO3/c1-5-15-10(14)7-6-8-12(4)11(2,3)9-13/h6-7,13H,5,8-9H2,1-4H3/b7-6+. The molecule has 0 rings (SSSR count). The largest absolute Gasteiger partial charge is 0.463 e. The Bertz CT molecular complexity index is 224. The fourth-order valence-electron chi connectivity index (χ4n) is 0.865. The van der Waals surface area contributed by atoms with Crippen molar-refractivity contribution in [1.29, 1.82) is 0 Å². The van der Waals surface area contributed by atoms with Crippen LogP contribution < -0.4 is 0 Å². The average molecular weight is 215 g/mol. The maximum Gasteiger partial charge on any atom is 0.330 e. The van der Waals surface area contributed by atoms with Gasteiger partial charge in [0.15, 0.2) is 0 Å². The number of carbonyl (C=O) groups excluding carboxylic acids is 1. The number of likely N-dealkylation sites (N-methyl/N-ethyl adjacent to an activating group) is 1. The van der Waals surface area contributed by atoms with E-state index in [0.717, 1.165) is 0 Å². The molecule has 0 saturated heterocycles. The highest BCUT2D eigenvalue weighted by Crippen LogP contribution is 2.10. The molecule has 0 radical (unpaired) electrons. The predicted molar refractivity (Wildman–Crippen MR) is 59.6 cm³/mol. The Morgan fingerprint density at radius 3 is 2.60 bits per heavy atom. The summed E-state index contributed by atoms with van der Waals surface area (Å²) in [5.74, 6) is -0.326. The van der Waals surface area contributed by atoms with Crippen LogP contribution in [0.25, 0.3) is 0 Å². The highest BCUT2D eigenvalue weighted by molar-refractivity contribution is 5.81. The van der Waals surface area contributed by atoms with Crippen LogP contribution in [0.15, 0.2) is 12.2 Å². The molecule has 0 fully saturated rings. The van der Waals surface area contributed by atoms with Gasteiger partial charge in [-0.15, -0.1) is 0 Å². The summed E-state index contributed by atoms with van der Waals surface area (Å²) in [7, 11) is 1.89. The number of aliphatic hydroxyl groups is 1. The van der Waals surface area contributed by atoms with E-state index < -0.39 is 0 Å². The normalized spacial score (nSPS) is 12.4. The van der Waals surface area contributed by atoms with Crippen LogP contribution in [0.1, 0.15) is 20.8 Å². The number of rotatable bonds is 6. The first-order valence-corrected chi connectivity index (χ1v) is 5.09. The molecule has 0 heterocycles. The summed E-state index contributed by atoms with van der Waals surface area (Å²) in [5, 5.41) is 9.10. The molecule has 0 amide bonds. The Kier molecular flexibility index (Phi) is 6.20. The SMILES string of the molecule is CCOC(=O)/C=C/CN(C)C(C)(C)CO. The van der Waals surface area contributed by atoms with E-state index in [1.165, 1.54) is 6.08 Å². The molecular formula is C11H21NO3. The second-order valence-corrected chi connectivity index (χ2v) is 4.01. The zero-order valence-electron chi connectivity index (χ0n) is 9.99. The summed E-state index contributed by atoms with van der Waals surface area (Å²) >= 11 is 0. The van der Waals surface area contributed by atoms with Gasteiger partial charge in [-0.1, -0.05) is 6.08 Å². The number of aliphatic hydroxyl groups excluding tert-OH is 1. The van der Waals surface area contributed by atoms with Crippen molar-refractivity contribution in [1.82, 2.24) is 4.90 Å². The van der Waals surface area contributed by atoms with Crippen LogP contribution in [0.3, 0.4) is 0 Å². The Morgan fingerprint density at radius 1 is 1.53 bits per heavy atom. The average Bonchev–Trinajstić information content (AvgIpc) is 2.18. The number of carbonyl (C=O) groups is 1. The van der Waals surface area contributed by atoms with E-state index in [1.807, 2.05) is 25.8 Å².